The molecule has 2 aromatic heterocycles. The van der Waals surface area contributed by atoms with Crippen LogP contribution in [0.4, 0.5) is 0 Å². The molecule has 0 bridgehead atoms. The van der Waals surface area contributed by atoms with Crippen molar-refractivity contribution in [2.24, 2.45) is 0 Å². The minimum atomic E-state index is 0.858. The average molecular weight is 204 g/mol. The van der Waals surface area contributed by atoms with Gasteiger partial charge in [0.25, 0.3) is 0 Å². The van der Waals surface area contributed by atoms with Crippen LogP contribution in [0.5, 0.6) is 0 Å². The number of hydrogen-bond acceptors (Lipinski definition) is 3. The summed E-state index contributed by atoms with van der Waals surface area (Å²) >= 11 is 0. The summed E-state index contributed by atoms with van der Waals surface area (Å²) < 4.78 is 1.95. The minimum absolute atomic E-state index is 0.858. The van der Waals surface area contributed by atoms with Crippen molar-refractivity contribution in [1.82, 2.24) is 19.7 Å². The number of hydrogen-bond donors (Lipinski definition) is 0. The highest BCUT2D eigenvalue weighted by Gasteiger charge is 2.13. The van der Waals surface area contributed by atoms with E-state index in [1.807, 2.05) is 4.68 Å². The normalized spacial score (nSPS) is 11.1. The van der Waals surface area contributed by atoms with Gasteiger partial charge in [0.1, 0.15) is 6.33 Å². The van der Waals surface area contributed by atoms with E-state index in [4.69, 9.17) is 0 Å². The zero-order valence-electron chi connectivity index (χ0n) is 9.49. The number of nitrogens with zero attached hydrogens (tertiary/aromatic N) is 4. The number of rotatable bonds is 3. The Bertz CT molecular complexity index is 473. The first-order valence-electron chi connectivity index (χ1n) is 5.51. The lowest BCUT2D eigenvalue weighted by atomic mass is 10.1. The first kappa shape index (κ1) is 10.1. The molecule has 80 valence electrons. The fourth-order valence-electron chi connectivity index (χ4n) is 1.88. The molecule has 2 heterocycles. The van der Waals surface area contributed by atoms with Crippen LogP contribution in [0.25, 0.3) is 11.0 Å². The van der Waals surface area contributed by atoms with E-state index in [1.54, 1.807) is 6.33 Å². The van der Waals surface area contributed by atoms with Crippen LogP contribution in [0.2, 0.25) is 0 Å². The molecule has 0 saturated heterocycles. The number of aryl methyl sites for hydroxylation is 3. The van der Waals surface area contributed by atoms with Gasteiger partial charge >= 0.3 is 0 Å². The summed E-state index contributed by atoms with van der Waals surface area (Å²) in [5, 5.41) is 5.71. The monoisotopic (exact) mass is 204 g/mol. The van der Waals surface area contributed by atoms with Crippen LogP contribution < -0.4 is 0 Å². The predicted molar refractivity (Wildman–Crippen MR) is 59.8 cm³/mol. The topological polar surface area (TPSA) is 43.6 Å². The van der Waals surface area contributed by atoms with Crippen molar-refractivity contribution in [3.8, 4) is 0 Å². The second kappa shape index (κ2) is 3.96. The molecule has 0 spiro atoms. The van der Waals surface area contributed by atoms with E-state index < -0.39 is 0 Å². The van der Waals surface area contributed by atoms with Crippen molar-refractivity contribution in [3.63, 3.8) is 0 Å². The van der Waals surface area contributed by atoms with Crippen molar-refractivity contribution >= 4 is 11.0 Å². The summed E-state index contributed by atoms with van der Waals surface area (Å²) in [5.41, 5.74) is 3.20. The average Bonchev–Trinajstić information content (AvgIpc) is 2.66. The van der Waals surface area contributed by atoms with E-state index in [0.717, 1.165) is 41.8 Å². The van der Waals surface area contributed by atoms with E-state index in [0.29, 0.717) is 0 Å². The molecule has 0 aromatic carbocycles. The summed E-state index contributed by atoms with van der Waals surface area (Å²) in [4.78, 5) is 8.64. The standard InChI is InChI=1S/C11H16N4/c1-4-8-10-9(5-2)14-15(6-3)11(10)13-7-12-8/h7H,4-6H2,1-3H3. The largest absolute Gasteiger partial charge is 0.247 e. The highest BCUT2D eigenvalue weighted by Crippen LogP contribution is 2.20. The van der Waals surface area contributed by atoms with E-state index in [2.05, 4.69) is 35.8 Å². The van der Waals surface area contributed by atoms with Crippen molar-refractivity contribution < 1.29 is 0 Å². The fraction of sp³-hybridized carbons (Fsp3) is 0.545. The molecule has 2 aromatic rings. The fourth-order valence-corrected chi connectivity index (χ4v) is 1.88. The first-order valence-corrected chi connectivity index (χ1v) is 5.51. The van der Waals surface area contributed by atoms with Gasteiger partial charge in [-0.05, 0) is 19.8 Å². The maximum Gasteiger partial charge on any atom is 0.161 e. The first-order chi connectivity index (χ1) is 7.31. The Balaban J connectivity index is 2.78. The van der Waals surface area contributed by atoms with Gasteiger partial charge in [-0.3, -0.25) is 0 Å². The molecule has 0 saturated carbocycles. The smallest absolute Gasteiger partial charge is 0.161 e. The van der Waals surface area contributed by atoms with Crippen LogP contribution in [0.15, 0.2) is 6.33 Å². The maximum absolute atomic E-state index is 4.55. The van der Waals surface area contributed by atoms with Crippen LogP contribution in [0.1, 0.15) is 32.2 Å². The Morgan fingerprint density at radius 3 is 2.40 bits per heavy atom. The third kappa shape index (κ3) is 1.50. The molecule has 0 N–H and O–H groups in total. The molecule has 0 aliphatic rings. The highest BCUT2D eigenvalue weighted by atomic mass is 15.3. The van der Waals surface area contributed by atoms with E-state index in [9.17, 15) is 0 Å². The predicted octanol–water partition coefficient (Wildman–Crippen LogP) is 1.97. The van der Waals surface area contributed by atoms with Gasteiger partial charge in [0, 0.05) is 6.54 Å². The molecule has 0 aliphatic heterocycles. The lowest BCUT2D eigenvalue weighted by molar-refractivity contribution is 0.663. The molecule has 4 nitrogen and oxygen atoms in total. The van der Waals surface area contributed by atoms with E-state index >= 15 is 0 Å². The molecular weight excluding hydrogens is 188 g/mol. The van der Waals surface area contributed by atoms with Crippen LogP contribution in [-0.2, 0) is 19.4 Å². The molecular formula is C11H16N4. The number of aromatic nitrogens is 4. The molecule has 4 heteroatoms. The minimum Gasteiger partial charge on any atom is -0.247 e. The lowest BCUT2D eigenvalue weighted by Gasteiger charge is -1.99. The molecule has 0 unspecified atom stereocenters. The van der Waals surface area contributed by atoms with Gasteiger partial charge in [0.15, 0.2) is 5.65 Å². The van der Waals surface area contributed by atoms with E-state index in [1.165, 1.54) is 0 Å². The Labute approximate surface area is 89.3 Å². The zero-order valence-corrected chi connectivity index (χ0v) is 9.49. The zero-order chi connectivity index (χ0) is 10.8. The molecule has 0 atom stereocenters. The molecule has 2 rings (SSSR count). The Hall–Kier alpha value is -1.45. The highest BCUT2D eigenvalue weighted by molar-refractivity contribution is 5.80. The van der Waals surface area contributed by atoms with Crippen molar-refractivity contribution in [3.05, 3.63) is 17.7 Å². The summed E-state index contributed by atoms with van der Waals surface area (Å²) in [5.74, 6) is 0. The van der Waals surface area contributed by atoms with Crippen molar-refractivity contribution in [2.75, 3.05) is 0 Å². The Morgan fingerprint density at radius 1 is 1.07 bits per heavy atom. The molecule has 0 fully saturated rings. The maximum atomic E-state index is 4.55. The summed E-state index contributed by atoms with van der Waals surface area (Å²) in [6.07, 6.45) is 3.50. The van der Waals surface area contributed by atoms with Crippen molar-refractivity contribution in [1.29, 1.82) is 0 Å². The quantitative estimate of drug-likeness (QED) is 0.767. The second-order valence-corrected chi connectivity index (χ2v) is 3.49. The SMILES string of the molecule is CCc1ncnc2c1c(CC)nn2CC. The van der Waals surface area contributed by atoms with Gasteiger partial charge in [-0.15, -0.1) is 0 Å². The third-order valence-corrected chi connectivity index (χ3v) is 2.65. The van der Waals surface area contributed by atoms with Gasteiger partial charge in [-0.25, -0.2) is 14.6 Å². The van der Waals surface area contributed by atoms with Gasteiger partial charge in [-0.2, -0.15) is 5.10 Å². The second-order valence-electron chi connectivity index (χ2n) is 3.49. The summed E-state index contributed by atoms with van der Waals surface area (Å²) in [7, 11) is 0. The summed E-state index contributed by atoms with van der Waals surface area (Å²) in [6, 6.07) is 0. The Morgan fingerprint density at radius 2 is 1.80 bits per heavy atom. The lowest BCUT2D eigenvalue weighted by Crippen LogP contribution is -1.98. The van der Waals surface area contributed by atoms with Crippen LogP contribution in [-0.4, -0.2) is 19.7 Å². The van der Waals surface area contributed by atoms with Gasteiger partial charge in [0.05, 0.1) is 16.8 Å². The Kier molecular flexibility index (Phi) is 2.66. The van der Waals surface area contributed by atoms with E-state index in [-0.39, 0.29) is 0 Å². The molecule has 0 radical (unpaired) electrons. The van der Waals surface area contributed by atoms with Crippen LogP contribution >= 0.6 is 0 Å². The van der Waals surface area contributed by atoms with Gasteiger partial charge in [0.2, 0.25) is 0 Å². The molecule has 0 aliphatic carbocycles. The molecule has 15 heavy (non-hydrogen) atoms. The van der Waals surface area contributed by atoms with Crippen molar-refractivity contribution in [2.45, 2.75) is 40.2 Å². The third-order valence-electron chi connectivity index (χ3n) is 2.65. The van der Waals surface area contributed by atoms with Gasteiger partial charge < -0.3 is 0 Å². The van der Waals surface area contributed by atoms with Gasteiger partial charge in [-0.1, -0.05) is 13.8 Å². The summed E-state index contributed by atoms with van der Waals surface area (Å²) in [6.45, 7) is 7.18. The number of fused-ring (bicyclic) bond motifs is 1. The van der Waals surface area contributed by atoms with Crippen LogP contribution in [0, 0.1) is 0 Å². The van der Waals surface area contributed by atoms with Crippen LogP contribution in [0.3, 0.4) is 0 Å². The molecule has 0 amide bonds.